The topological polar surface area (TPSA) is 17.4 Å². The summed E-state index contributed by atoms with van der Waals surface area (Å²) < 4.78 is 2.66. The number of fused-ring (bicyclic) bond motifs is 16. The molecule has 6 heterocycles. The number of hydrogen-bond acceptors (Lipinski definition) is 4. The Bertz CT molecular complexity index is 4410. The van der Waals surface area contributed by atoms with Crippen LogP contribution < -0.4 is 52.4 Å². The van der Waals surface area contributed by atoms with E-state index in [9.17, 15) is 0 Å². The summed E-state index contributed by atoms with van der Waals surface area (Å²) in [6.45, 7) is -0.0400. The third-order valence-corrected chi connectivity index (χ3v) is 16.4. The maximum Gasteiger partial charge on any atom is 0.253 e. The molecule has 4 aliphatic heterocycles. The van der Waals surface area contributed by atoms with Gasteiger partial charge in [0.05, 0.1) is 22.2 Å². The van der Waals surface area contributed by atoms with Gasteiger partial charge in [-0.05, 0) is 130 Å². The molecule has 13 aromatic rings. The van der Waals surface area contributed by atoms with Crippen molar-refractivity contribution in [1.29, 1.82) is 0 Å². The predicted molar refractivity (Wildman–Crippen MR) is 309 cm³/mol. The molecule has 0 spiro atoms. The Balaban J connectivity index is 1.01. The van der Waals surface area contributed by atoms with Crippen LogP contribution >= 0.6 is 0 Å². The summed E-state index contributed by atoms with van der Waals surface area (Å²) in [5, 5.41) is 5.11. The molecule has 336 valence electrons. The molecule has 0 saturated heterocycles. The highest BCUT2D eigenvalue weighted by Crippen LogP contribution is 2.51. The van der Waals surface area contributed by atoms with Crippen molar-refractivity contribution in [2.75, 3.05) is 19.6 Å². The van der Waals surface area contributed by atoms with Crippen LogP contribution in [0.25, 0.3) is 38.1 Å². The Morgan fingerprint density at radius 3 is 1.23 bits per heavy atom. The van der Waals surface area contributed by atoms with E-state index in [1.165, 1.54) is 116 Å². The summed E-state index contributed by atoms with van der Waals surface area (Å²) in [4.78, 5) is 10.1. The summed E-state index contributed by atoms with van der Waals surface area (Å²) in [6.07, 6.45) is 0. The van der Waals surface area contributed by atoms with Gasteiger partial charge in [-0.2, -0.15) is 0 Å². The van der Waals surface area contributed by atoms with E-state index in [0.717, 1.165) is 22.7 Å². The van der Waals surface area contributed by atoms with Crippen LogP contribution in [0.1, 0.15) is 0 Å². The number of hydrogen-bond donors (Lipinski definition) is 0. The van der Waals surface area contributed by atoms with Gasteiger partial charge in [0.2, 0.25) is 0 Å². The highest BCUT2D eigenvalue weighted by molar-refractivity contribution is 7.02. The number of rotatable bonds is 4. The lowest BCUT2D eigenvalue weighted by molar-refractivity contribution is 1.25. The van der Waals surface area contributed by atoms with Crippen LogP contribution in [-0.2, 0) is 0 Å². The van der Waals surface area contributed by atoms with Crippen molar-refractivity contribution in [2.45, 2.75) is 0 Å². The molecular weight excluding hydrogens is 884 g/mol. The van der Waals surface area contributed by atoms with E-state index >= 15 is 0 Å². The Morgan fingerprint density at radius 1 is 0.247 bits per heavy atom. The van der Waals surface area contributed by atoms with Gasteiger partial charge < -0.3 is 24.0 Å². The zero-order valence-corrected chi connectivity index (χ0v) is 39.6. The average Bonchev–Trinajstić information content (AvgIpc) is 4.00. The lowest BCUT2D eigenvalue weighted by Crippen LogP contribution is -2.61. The van der Waals surface area contributed by atoms with Crippen molar-refractivity contribution in [2.24, 2.45) is 0 Å². The molecule has 4 aliphatic rings. The van der Waals surface area contributed by atoms with E-state index in [4.69, 9.17) is 0 Å². The van der Waals surface area contributed by atoms with Crippen LogP contribution in [0, 0.1) is 0 Å². The Labute approximate surface area is 423 Å². The molecule has 11 aromatic carbocycles. The summed E-state index contributed by atoms with van der Waals surface area (Å²) in [7, 11) is 0. The van der Waals surface area contributed by atoms with Gasteiger partial charge in [-0.15, -0.1) is 0 Å². The van der Waals surface area contributed by atoms with E-state index in [1.807, 2.05) is 0 Å². The van der Waals surface area contributed by atoms with E-state index < -0.39 is 0 Å². The maximum absolute atomic E-state index is 2.66. The van der Waals surface area contributed by atoms with E-state index in [-0.39, 0.29) is 13.4 Å². The number of nitrogens with zero attached hydrogens (tertiary/aromatic N) is 5. The smallest absolute Gasteiger partial charge is 0.253 e. The van der Waals surface area contributed by atoms with Crippen LogP contribution in [0.5, 0.6) is 0 Å². The number of anilines is 12. The molecule has 0 N–H and O–H groups in total. The lowest BCUT2D eigenvalue weighted by atomic mass is 9.33. The average molecular weight is 926 g/mol. The number of para-hydroxylation sites is 7. The van der Waals surface area contributed by atoms with Gasteiger partial charge in [0.1, 0.15) is 0 Å². The Morgan fingerprint density at radius 2 is 0.658 bits per heavy atom. The fourth-order valence-corrected chi connectivity index (χ4v) is 13.8. The first kappa shape index (κ1) is 39.3. The fourth-order valence-electron chi connectivity index (χ4n) is 13.8. The first-order valence-electron chi connectivity index (χ1n) is 25.4. The zero-order chi connectivity index (χ0) is 47.5. The second kappa shape index (κ2) is 14.6. The minimum absolute atomic E-state index is 0.00272. The number of benzene rings is 11. The SMILES string of the molecule is c1ccc(N2c3ccccc3B3c4c2cccc4N(c2ccccc2)c2ccc4c(c23)c2cccc3c5ccc6c(c5n4c32)N(c2ccccc2)c2cccc3c2B6c2ccccc2N3c2ccccc2)cc1. The maximum atomic E-state index is 2.66. The molecule has 0 aliphatic carbocycles. The zero-order valence-electron chi connectivity index (χ0n) is 39.6. The van der Waals surface area contributed by atoms with Crippen molar-refractivity contribution in [3.05, 3.63) is 249 Å². The Kier molecular flexibility index (Phi) is 7.84. The van der Waals surface area contributed by atoms with Crippen molar-refractivity contribution in [3.8, 4) is 0 Å². The van der Waals surface area contributed by atoms with Crippen molar-refractivity contribution in [3.63, 3.8) is 0 Å². The van der Waals surface area contributed by atoms with Gasteiger partial charge in [-0.1, -0.05) is 152 Å². The molecule has 0 unspecified atom stereocenters. The quantitative estimate of drug-likeness (QED) is 0.164. The molecular formula is C66H41B2N5. The summed E-state index contributed by atoms with van der Waals surface area (Å²) in [6, 6.07) is 92.6. The first-order chi connectivity index (χ1) is 36.3. The van der Waals surface area contributed by atoms with Crippen LogP contribution in [-0.4, -0.2) is 17.8 Å². The molecule has 2 aromatic heterocycles. The van der Waals surface area contributed by atoms with Gasteiger partial charge in [0, 0.05) is 84.1 Å². The predicted octanol–water partition coefficient (Wildman–Crippen LogP) is 13.0. The first-order valence-corrected chi connectivity index (χ1v) is 25.4. The van der Waals surface area contributed by atoms with E-state index in [0.29, 0.717) is 0 Å². The van der Waals surface area contributed by atoms with Crippen molar-refractivity contribution in [1.82, 2.24) is 4.40 Å². The standard InChI is InChI=1S/C66H41B2N5/c1-5-20-42(21-6-1)69-52-32-15-13-30-49(52)67-51-39-38-47-46-28-17-29-48-60-54(73(64(46)48)65(47)66(51)72(45-26-11-4-12-27-45)58-37-19-34-55(69)61(58)67)40-41-59-63(60)68-50-31-14-16-33-53(50)70(43-22-7-2-8-23-43)56-35-18-36-57(62(56)68)71(59)44-24-9-3-10-25-44/h1-41H. The largest absolute Gasteiger partial charge is 0.311 e. The molecule has 5 nitrogen and oxygen atoms in total. The van der Waals surface area contributed by atoms with Crippen LogP contribution in [0.3, 0.4) is 0 Å². The molecule has 73 heavy (non-hydrogen) atoms. The van der Waals surface area contributed by atoms with Crippen LogP contribution in [0.4, 0.5) is 68.2 Å². The highest BCUT2D eigenvalue weighted by Gasteiger charge is 2.47. The minimum atomic E-state index is -0.0373. The van der Waals surface area contributed by atoms with Crippen molar-refractivity contribution < 1.29 is 0 Å². The third-order valence-electron chi connectivity index (χ3n) is 16.4. The summed E-state index contributed by atoms with van der Waals surface area (Å²) in [5.74, 6) is 0. The van der Waals surface area contributed by atoms with Gasteiger partial charge >= 0.3 is 0 Å². The van der Waals surface area contributed by atoms with Gasteiger partial charge in [0.15, 0.2) is 0 Å². The monoisotopic (exact) mass is 925 g/mol. The molecule has 0 atom stereocenters. The van der Waals surface area contributed by atoms with E-state index in [2.05, 4.69) is 273 Å². The molecule has 17 rings (SSSR count). The Hall–Kier alpha value is -9.45. The fraction of sp³-hybridized carbons (Fsp3) is 0. The molecule has 0 bridgehead atoms. The normalized spacial score (nSPS) is 13.9. The van der Waals surface area contributed by atoms with E-state index in [1.54, 1.807) is 0 Å². The van der Waals surface area contributed by atoms with Gasteiger partial charge in [-0.25, -0.2) is 0 Å². The number of aromatic nitrogens is 1. The molecule has 7 heteroatoms. The molecule has 0 radical (unpaired) electrons. The van der Waals surface area contributed by atoms with Gasteiger partial charge in [-0.3, -0.25) is 0 Å². The van der Waals surface area contributed by atoms with Crippen molar-refractivity contribution >= 4 is 153 Å². The summed E-state index contributed by atoms with van der Waals surface area (Å²) >= 11 is 0. The van der Waals surface area contributed by atoms with Crippen LogP contribution in [0.15, 0.2) is 249 Å². The lowest BCUT2D eigenvalue weighted by Gasteiger charge is -2.44. The van der Waals surface area contributed by atoms with Crippen LogP contribution in [0.2, 0.25) is 0 Å². The highest BCUT2D eigenvalue weighted by atomic mass is 15.2. The third kappa shape index (κ3) is 5.08. The molecule has 0 fully saturated rings. The minimum Gasteiger partial charge on any atom is -0.311 e. The second-order valence-corrected chi connectivity index (χ2v) is 19.9. The molecule has 0 amide bonds. The summed E-state index contributed by atoms with van der Waals surface area (Å²) in [5.41, 5.74) is 25.9. The second-order valence-electron chi connectivity index (χ2n) is 19.9. The molecule has 0 saturated carbocycles. The van der Waals surface area contributed by atoms with Gasteiger partial charge in [0.25, 0.3) is 13.4 Å².